The van der Waals surface area contributed by atoms with Crippen molar-refractivity contribution >= 4 is 28.3 Å². The summed E-state index contributed by atoms with van der Waals surface area (Å²) in [5, 5.41) is 2.22. The van der Waals surface area contributed by atoms with Gasteiger partial charge in [-0.25, -0.2) is 0 Å². The normalized spacial score (nSPS) is 10.3. The van der Waals surface area contributed by atoms with E-state index in [2.05, 4.69) is 0 Å². The van der Waals surface area contributed by atoms with Gasteiger partial charge in [-0.3, -0.25) is 9.59 Å². The third kappa shape index (κ3) is 2.96. The summed E-state index contributed by atoms with van der Waals surface area (Å²) in [5.41, 5.74) is 0.825. The fourth-order valence-electron chi connectivity index (χ4n) is 1.95. The molecule has 0 bridgehead atoms. The second-order valence-electron chi connectivity index (χ2n) is 4.86. The number of fused-ring (bicyclic) bond motifs is 1. The van der Waals surface area contributed by atoms with E-state index in [-0.39, 0.29) is 18.4 Å². The Kier molecular flexibility index (Phi) is 4.03. The lowest BCUT2D eigenvalue weighted by Crippen LogP contribution is -2.38. The number of benzene rings is 2. The van der Waals surface area contributed by atoms with Gasteiger partial charge in [0.2, 0.25) is 11.8 Å². The summed E-state index contributed by atoms with van der Waals surface area (Å²) >= 11 is 0. The molecule has 0 unspecified atom stereocenters. The zero-order chi connectivity index (χ0) is 14.7. The highest BCUT2D eigenvalue weighted by molar-refractivity contribution is 5.98. The smallest absolute Gasteiger partial charge is 0.246 e. The Bertz CT molecular complexity index is 652. The monoisotopic (exact) mass is 270 g/mol. The van der Waals surface area contributed by atoms with Gasteiger partial charge in [0.1, 0.15) is 0 Å². The molecule has 104 valence electrons. The lowest BCUT2D eigenvalue weighted by atomic mass is 10.1. The van der Waals surface area contributed by atoms with Crippen molar-refractivity contribution in [1.82, 2.24) is 4.90 Å². The Morgan fingerprint density at radius 2 is 1.65 bits per heavy atom. The fraction of sp³-hybridized carbons (Fsp3) is 0.250. The molecule has 0 radical (unpaired) electrons. The summed E-state index contributed by atoms with van der Waals surface area (Å²) < 4.78 is 0. The molecule has 2 aromatic carbocycles. The van der Waals surface area contributed by atoms with E-state index < -0.39 is 0 Å². The second-order valence-corrected chi connectivity index (χ2v) is 4.86. The molecule has 0 saturated carbocycles. The van der Waals surface area contributed by atoms with Crippen molar-refractivity contribution in [3.8, 4) is 0 Å². The molecule has 2 amide bonds. The Balaban J connectivity index is 2.20. The van der Waals surface area contributed by atoms with Crippen LogP contribution in [0.1, 0.15) is 6.92 Å². The minimum Gasteiger partial charge on any atom is -0.337 e. The summed E-state index contributed by atoms with van der Waals surface area (Å²) in [6.07, 6.45) is 0. The van der Waals surface area contributed by atoms with Crippen molar-refractivity contribution in [2.45, 2.75) is 6.92 Å². The van der Waals surface area contributed by atoms with Crippen molar-refractivity contribution in [3.05, 3.63) is 42.5 Å². The van der Waals surface area contributed by atoms with Crippen molar-refractivity contribution in [3.63, 3.8) is 0 Å². The molecule has 0 spiro atoms. The highest BCUT2D eigenvalue weighted by atomic mass is 16.2. The maximum atomic E-state index is 12.1. The zero-order valence-corrected chi connectivity index (χ0v) is 12.0. The summed E-state index contributed by atoms with van der Waals surface area (Å²) in [7, 11) is 3.34. The van der Waals surface area contributed by atoms with Gasteiger partial charge < -0.3 is 9.80 Å². The maximum absolute atomic E-state index is 12.1. The van der Waals surface area contributed by atoms with Crippen molar-refractivity contribution in [1.29, 1.82) is 0 Å². The van der Waals surface area contributed by atoms with E-state index in [0.29, 0.717) is 0 Å². The molecule has 0 aliphatic heterocycles. The number of amides is 2. The number of carbonyl (C=O) groups excluding carboxylic acids is 2. The number of likely N-dealkylation sites (N-methyl/N-ethyl adjacent to an activating group) is 2. The van der Waals surface area contributed by atoms with Crippen molar-refractivity contribution in [2.75, 3.05) is 25.5 Å². The van der Waals surface area contributed by atoms with E-state index in [1.165, 1.54) is 11.8 Å². The lowest BCUT2D eigenvalue weighted by molar-refractivity contribution is -0.132. The van der Waals surface area contributed by atoms with Gasteiger partial charge in [0.05, 0.1) is 6.54 Å². The van der Waals surface area contributed by atoms with Gasteiger partial charge in [-0.1, -0.05) is 30.3 Å². The largest absolute Gasteiger partial charge is 0.337 e. The molecule has 2 rings (SSSR count). The second kappa shape index (κ2) is 5.74. The standard InChI is InChI=1S/C16H18N2O2/c1-12(19)17(2)11-16(20)18(3)15-9-8-13-6-4-5-7-14(13)10-15/h4-10H,11H2,1-3H3. The number of hydrogen-bond acceptors (Lipinski definition) is 2. The molecular weight excluding hydrogens is 252 g/mol. The van der Waals surface area contributed by atoms with Crippen LogP contribution in [0, 0.1) is 0 Å². The van der Waals surface area contributed by atoms with Gasteiger partial charge in [0, 0.05) is 26.7 Å². The van der Waals surface area contributed by atoms with Gasteiger partial charge in [0.25, 0.3) is 0 Å². The molecule has 0 aliphatic carbocycles. The Hall–Kier alpha value is -2.36. The molecule has 0 aromatic heterocycles. The predicted molar refractivity (Wildman–Crippen MR) is 80.7 cm³/mol. The molecule has 4 nitrogen and oxygen atoms in total. The molecule has 2 aromatic rings. The number of carbonyl (C=O) groups is 2. The van der Waals surface area contributed by atoms with Gasteiger partial charge in [0.15, 0.2) is 0 Å². The number of rotatable bonds is 3. The van der Waals surface area contributed by atoms with Crippen LogP contribution in [0.2, 0.25) is 0 Å². The average molecular weight is 270 g/mol. The quantitative estimate of drug-likeness (QED) is 0.858. The van der Waals surface area contributed by atoms with Crippen LogP contribution < -0.4 is 4.90 Å². The molecule has 4 heteroatoms. The first-order chi connectivity index (χ1) is 9.49. The van der Waals surface area contributed by atoms with Gasteiger partial charge in [-0.05, 0) is 22.9 Å². The lowest BCUT2D eigenvalue weighted by Gasteiger charge is -2.21. The first-order valence-corrected chi connectivity index (χ1v) is 6.46. The van der Waals surface area contributed by atoms with Crippen LogP contribution in [-0.2, 0) is 9.59 Å². The van der Waals surface area contributed by atoms with Gasteiger partial charge in [-0.15, -0.1) is 0 Å². The van der Waals surface area contributed by atoms with Crippen molar-refractivity contribution in [2.24, 2.45) is 0 Å². The van der Waals surface area contributed by atoms with Crippen LogP contribution >= 0.6 is 0 Å². The van der Waals surface area contributed by atoms with Gasteiger partial charge in [-0.2, -0.15) is 0 Å². The number of anilines is 1. The third-order valence-electron chi connectivity index (χ3n) is 3.40. The topological polar surface area (TPSA) is 40.6 Å². The summed E-state index contributed by atoms with van der Waals surface area (Å²) in [6.45, 7) is 1.53. The Morgan fingerprint density at radius 1 is 1.00 bits per heavy atom. The molecule has 20 heavy (non-hydrogen) atoms. The first kappa shape index (κ1) is 14.1. The average Bonchev–Trinajstić information content (AvgIpc) is 2.45. The highest BCUT2D eigenvalue weighted by Crippen LogP contribution is 2.21. The van der Waals surface area contributed by atoms with E-state index in [1.807, 2.05) is 42.5 Å². The maximum Gasteiger partial charge on any atom is 0.246 e. The van der Waals surface area contributed by atoms with Crippen molar-refractivity contribution < 1.29 is 9.59 Å². The van der Waals surface area contributed by atoms with Crippen LogP contribution in [0.3, 0.4) is 0 Å². The van der Waals surface area contributed by atoms with Crippen LogP contribution in [0.25, 0.3) is 10.8 Å². The zero-order valence-electron chi connectivity index (χ0n) is 12.0. The number of hydrogen-bond donors (Lipinski definition) is 0. The van der Waals surface area contributed by atoms with E-state index in [0.717, 1.165) is 16.5 Å². The molecule has 0 atom stereocenters. The molecular formula is C16H18N2O2. The minimum atomic E-state index is -0.120. The SMILES string of the molecule is CC(=O)N(C)CC(=O)N(C)c1ccc2ccccc2c1. The van der Waals surface area contributed by atoms with Crippen LogP contribution in [0.15, 0.2) is 42.5 Å². The van der Waals surface area contributed by atoms with E-state index in [9.17, 15) is 9.59 Å². The molecule has 0 fully saturated rings. The molecule has 0 aliphatic rings. The molecule has 0 saturated heterocycles. The van der Waals surface area contributed by atoms with Crippen LogP contribution in [0.5, 0.6) is 0 Å². The fourth-order valence-corrected chi connectivity index (χ4v) is 1.95. The van der Waals surface area contributed by atoms with Gasteiger partial charge >= 0.3 is 0 Å². The first-order valence-electron chi connectivity index (χ1n) is 6.46. The van der Waals surface area contributed by atoms with E-state index in [1.54, 1.807) is 19.0 Å². The third-order valence-corrected chi connectivity index (χ3v) is 3.40. The number of nitrogens with zero attached hydrogens (tertiary/aromatic N) is 2. The summed E-state index contributed by atoms with van der Waals surface area (Å²) in [6, 6.07) is 13.9. The summed E-state index contributed by atoms with van der Waals surface area (Å²) in [5.74, 6) is -0.233. The molecule has 0 heterocycles. The van der Waals surface area contributed by atoms with Crippen LogP contribution in [0.4, 0.5) is 5.69 Å². The summed E-state index contributed by atoms with van der Waals surface area (Å²) in [4.78, 5) is 26.3. The minimum absolute atomic E-state index is 0.0820. The Morgan fingerprint density at radius 3 is 2.30 bits per heavy atom. The van der Waals surface area contributed by atoms with Crippen LogP contribution in [-0.4, -0.2) is 37.4 Å². The predicted octanol–water partition coefficient (Wildman–Crippen LogP) is 2.28. The molecule has 0 N–H and O–H groups in total. The van der Waals surface area contributed by atoms with E-state index >= 15 is 0 Å². The Labute approximate surface area is 118 Å². The van der Waals surface area contributed by atoms with E-state index in [4.69, 9.17) is 0 Å². The highest BCUT2D eigenvalue weighted by Gasteiger charge is 2.14.